The topological polar surface area (TPSA) is 23.5 Å². The fourth-order valence-electron chi connectivity index (χ4n) is 2.41. The van der Waals surface area contributed by atoms with E-state index in [1.807, 2.05) is 0 Å². The van der Waals surface area contributed by atoms with Crippen LogP contribution in [-0.4, -0.2) is 36.2 Å². The predicted molar refractivity (Wildman–Crippen MR) is 64.9 cm³/mol. The molecule has 2 nitrogen and oxygen atoms in total. The molecule has 0 spiro atoms. The number of hydrogen-bond donors (Lipinski definition) is 1. The molecule has 0 aromatic heterocycles. The van der Waals surface area contributed by atoms with E-state index in [0.29, 0.717) is 6.61 Å². The van der Waals surface area contributed by atoms with Crippen LogP contribution in [0, 0.1) is 11.8 Å². The van der Waals surface area contributed by atoms with E-state index in [2.05, 4.69) is 18.7 Å². The zero-order valence-electron chi connectivity index (χ0n) is 10.4. The molecule has 2 heteroatoms. The molecule has 0 aromatic carbocycles. The maximum absolute atomic E-state index is 8.66. The zero-order valence-corrected chi connectivity index (χ0v) is 10.4. The maximum atomic E-state index is 8.66. The molecular weight excluding hydrogens is 186 g/mol. The fraction of sp³-hybridized carbons (Fsp3) is 1.00. The summed E-state index contributed by atoms with van der Waals surface area (Å²) in [6.45, 7) is 8.94. The molecule has 0 bridgehead atoms. The number of unbranched alkanes of at least 4 members (excludes halogenated alkanes) is 3. The number of aliphatic hydroxyl groups is 1. The highest BCUT2D eigenvalue weighted by Crippen LogP contribution is 2.23. The SMILES string of the molecule is CC(C)C1CCN(CCCCCCO)C1. The van der Waals surface area contributed by atoms with Crippen LogP contribution in [0.2, 0.25) is 0 Å². The van der Waals surface area contributed by atoms with Gasteiger partial charge in [0.2, 0.25) is 0 Å². The summed E-state index contributed by atoms with van der Waals surface area (Å²) < 4.78 is 0. The third kappa shape index (κ3) is 4.98. The molecule has 0 aliphatic carbocycles. The van der Waals surface area contributed by atoms with Crippen LogP contribution in [0.1, 0.15) is 46.0 Å². The van der Waals surface area contributed by atoms with Gasteiger partial charge < -0.3 is 10.0 Å². The van der Waals surface area contributed by atoms with Gasteiger partial charge in [-0.05, 0) is 44.2 Å². The minimum atomic E-state index is 0.360. The van der Waals surface area contributed by atoms with Gasteiger partial charge in [-0.1, -0.05) is 26.7 Å². The molecule has 1 saturated heterocycles. The van der Waals surface area contributed by atoms with Gasteiger partial charge in [-0.3, -0.25) is 0 Å². The number of hydrogen-bond acceptors (Lipinski definition) is 2. The molecule has 1 N–H and O–H groups in total. The first-order valence-corrected chi connectivity index (χ1v) is 6.57. The van der Waals surface area contributed by atoms with Gasteiger partial charge in [-0.25, -0.2) is 0 Å². The minimum absolute atomic E-state index is 0.360. The Morgan fingerprint density at radius 3 is 2.53 bits per heavy atom. The van der Waals surface area contributed by atoms with Gasteiger partial charge in [0.05, 0.1) is 0 Å². The Balaban J connectivity index is 1.99. The van der Waals surface area contributed by atoms with Crippen LogP contribution in [0.25, 0.3) is 0 Å². The van der Waals surface area contributed by atoms with Crippen LogP contribution in [-0.2, 0) is 0 Å². The Kier molecular flexibility index (Phi) is 6.26. The molecule has 1 heterocycles. The van der Waals surface area contributed by atoms with E-state index in [1.165, 1.54) is 45.3 Å². The highest BCUT2D eigenvalue weighted by atomic mass is 16.2. The van der Waals surface area contributed by atoms with Crippen molar-refractivity contribution in [3.05, 3.63) is 0 Å². The molecule has 1 fully saturated rings. The third-order valence-electron chi connectivity index (χ3n) is 3.63. The van der Waals surface area contributed by atoms with Crippen molar-refractivity contribution in [1.29, 1.82) is 0 Å². The summed E-state index contributed by atoms with van der Waals surface area (Å²) in [5.41, 5.74) is 0. The number of aliphatic hydroxyl groups excluding tert-OH is 1. The van der Waals surface area contributed by atoms with E-state index in [0.717, 1.165) is 18.3 Å². The van der Waals surface area contributed by atoms with E-state index >= 15 is 0 Å². The van der Waals surface area contributed by atoms with Crippen molar-refractivity contribution in [2.24, 2.45) is 11.8 Å². The maximum Gasteiger partial charge on any atom is 0.0431 e. The van der Waals surface area contributed by atoms with Crippen molar-refractivity contribution >= 4 is 0 Å². The van der Waals surface area contributed by atoms with Crippen LogP contribution < -0.4 is 0 Å². The van der Waals surface area contributed by atoms with Gasteiger partial charge in [0.15, 0.2) is 0 Å². The molecular formula is C13H27NO. The summed E-state index contributed by atoms with van der Waals surface area (Å²) in [6.07, 6.45) is 6.16. The van der Waals surface area contributed by atoms with Gasteiger partial charge in [0, 0.05) is 13.2 Å². The minimum Gasteiger partial charge on any atom is -0.396 e. The lowest BCUT2D eigenvalue weighted by atomic mass is 9.95. The first-order valence-electron chi connectivity index (χ1n) is 6.57. The lowest BCUT2D eigenvalue weighted by molar-refractivity contribution is 0.274. The van der Waals surface area contributed by atoms with Gasteiger partial charge in [-0.15, -0.1) is 0 Å². The van der Waals surface area contributed by atoms with Crippen LogP contribution in [0.15, 0.2) is 0 Å². The monoisotopic (exact) mass is 213 g/mol. The van der Waals surface area contributed by atoms with E-state index in [9.17, 15) is 0 Å². The highest BCUT2D eigenvalue weighted by Gasteiger charge is 2.23. The molecule has 0 amide bonds. The second kappa shape index (κ2) is 7.24. The van der Waals surface area contributed by atoms with Crippen LogP contribution in [0.4, 0.5) is 0 Å². The van der Waals surface area contributed by atoms with Crippen molar-refractivity contribution in [2.45, 2.75) is 46.0 Å². The number of nitrogens with zero attached hydrogens (tertiary/aromatic N) is 1. The smallest absolute Gasteiger partial charge is 0.0431 e. The normalized spacial score (nSPS) is 22.8. The van der Waals surface area contributed by atoms with Crippen LogP contribution in [0.5, 0.6) is 0 Å². The Hall–Kier alpha value is -0.0800. The van der Waals surface area contributed by atoms with Crippen molar-refractivity contribution in [2.75, 3.05) is 26.2 Å². The summed E-state index contributed by atoms with van der Waals surface area (Å²) in [6, 6.07) is 0. The fourth-order valence-corrected chi connectivity index (χ4v) is 2.41. The lowest BCUT2D eigenvalue weighted by Gasteiger charge is -2.17. The third-order valence-corrected chi connectivity index (χ3v) is 3.63. The quantitative estimate of drug-likeness (QED) is 0.657. The van der Waals surface area contributed by atoms with E-state index in [-0.39, 0.29) is 0 Å². The predicted octanol–water partition coefficient (Wildman–Crippen LogP) is 2.52. The molecule has 1 rings (SSSR count). The van der Waals surface area contributed by atoms with Gasteiger partial charge >= 0.3 is 0 Å². The summed E-state index contributed by atoms with van der Waals surface area (Å²) in [4.78, 5) is 2.61. The van der Waals surface area contributed by atoms with E-state index in [1.54, 1.807) is 0 Å². The molecule has 0 saturated carbocycles. The Labute approximate surface area is 94.7 Å². The van der Waals surface area contributed by atoms with Crippen molar-refractivity contribution in [3.63, 3.8) is 0 Å². The first-order chi connectivity index (χ1) is 7.24. The Morgan fingerprint density at radius 2 is 1.93 bits per heavy atom. The Bertz CT molecular complexity index is 159. The largest absolute Gasteiger partial charge is 0.396 e. The van der Waals surface area contributed by atoms with Crippen LogP contribution in [0.3, 0.4) is 0 Å². The lowest BCUT2D eigenvalue weighted by Crippen LogP contribution is -2.23. The summed E-state index contributed by atoms with van der Waals surface area (Å²) in [5.74, 6) is 1.78. The van der Waals surface area contributed by atoms with Crippen LogP contribution >= 0.6 is 0 Å². The first kappa shape index (κ1) is 13.0. The average molecular weight is 213 g/mol. The molecule has 1 aliphatic heterocycles. The molecule has 0 radical (unpaired) electrons. The summed E-state index contributed by atoms with van der Waals surface area (Å²) in [5, 5.41) is 8.66. The molecule has 90 valence electrons. The Morgan fingerprint density at radius 1 is 1.20 bits per heavy atom. The summed E-state index contributed by atoms with van der Waals surface area (Å²) >= 11 is 0. The number of rotatable bonds is 7. The van der Waals surface area contributed by atoms with Crippen molar-refractivity contribution < 1.29 is 5.11 Å². The molecule has 15 heavy (non-hydrogen) atoms. The second-order valence-electron chi connectivity index (χ2n) is 5.23. The van der Waals surface area contributed by atoms with Crippen molar-refractivity contribution in [1.82, 2.24) is 4.90 Å². The van der Waals surface area contributed by atoms with Crippen molar-refractivity contribution in [3.8, 4) is 0 Å². The van der Waals surface area contributed by atoms with Gasteiger partial charge in [0.1, 0.15) is 0 Å². The zero-order chi connectivity index (χ0) is 11.1. The standard InChI is InChI=1S/C13H27NO/c1-12(2)13-7-9-14(11-13)8-5-3-4-6-10-15/h12-13,15H,3-11H2,1-2H3. The number of likely N-dealkylation sites (tertiary alicyclic amines) is 1. The second-order valence-corrected chi connectivity index (χ2v) is 5.23. The van der Waals surface area contributed by atoms with Gasteiger partial charge in [0.25, 0.3) is 0 Å². The molecule has 1 aliphatic rings. The highest BCUT2D eigenvalue weighted by molar-refractivity contribution is 4.77. The summed E-state index contributed by atoms with van der Waals surface area (Å²) in [7, 11) is 0. The molecule has 1 atom stereocenters. The van der Waals surface area contributed by atoms with E-state index < -0.39 is 0 Å². The molecule has 0 aromatic rings. The van der Waals surface area contributed by atoms with Gasteiger partial charge in [-0.2, -0.15) is 0 Å². The average Bonchev–Trinajstić information content (AvgIpc) is 2.66. The van der Waals surface area contributed by atoms with E-state index in [4.69, 9.17) is 5.11 Å². The molecule has 1 unspecified atom stereocenters.